The smallest absolute Gasteiger partial charge is 0.258 e. The Kier molecular flexibility index (Phi) is 6.18. The summed E-state index contributed by atoms with van der Waals surface area (Å²) >= 11 is 12.8. The largest absolute Gasteiger partial charge is 0.508 e. The fraction of sp³-hybridized carbons (Fsp3) is 0.381. The van der Waals surface area contributed by atoms with Crippen molar-refractivity contribution in [1.82, 2.24) is 5.32 Å². The maximum absolute atomic E-state index is 11.7. The van der Waals surface area contributed by atoms with Gasteiger partial charge in [0, 0.05) is 22.5 Å². The van der Waals surface area contributed by atoms with E-state index in [-0.39, 0.29) is 18.4 Å². The maximum Gasteiger partial charge on any atom is 0.258 e. The van der Waals surface area contributed by atoms with Crippen LogP contribution in [0.5, 0.6) is 11.5 Å². The maximum atomic E-state index is 11.7. The zero-order valence-electron chi connectivity index (χ0n) is 15.4. The highest BCUT2D eigenvalue weighted by atomic mass is 35.5. The minimum Gasteiger partial charge on any atom is -0.508 e. The van der Waals surface area contributed by atoms with E-state index in [1.54, 1.807) is 18.2 Å². The van der Waals surface area contributed by atoms with Crippen LogP contribution >= 0.6 is 23.2 Å². The standard InChI is InChI=1S/C21H23Cl2NO3/c1-12(2)16-7-13(3-6-20(16)25)8-17-18(22)9-15(10-19(17)23)27-11-21(26)24-14-4-5-14/h3,6-7,9-10,12,14,25H,4-5,8,11H2,1-2H3,(H,24,26). The number of carbonyl (C=O) groups is 1. The van der Waals surface area contributed by atoms with E-state index in [2.05, 4.69) is 5.32 Å². The minimum atomic E-state index is -0.140. The van der Waals surface area contributed by atoms with E-state index < -0.39 is 0 Å². The summed E-state index contributed by atoms with van der Waals surface area (Å²) in [5.74, 6) is 0.833. The molecule has 4 nitrogen and oxygen atoms in total. The van der Waals surface area contributed by atoms with Crippen molar-refractivity contribution in [3.05, 3.63) is 57.1 Å². The van der Waals surface area contributed by atoms with E-state index in [1.807, 2.05) is 26.0 Å². The van der Waals surface area contributed by atoms with Gasteiger partial charge >= 0.3 is 0 Å². The zero-order chi connectivity index (χ0) is 19.6. The Balaban J connectivity index is 1.71. The predicted molar refractivity (Wildman–Crippen MR) is 108 cm³/mol. The van der Waals surface area contributed by atoms with Crippen LogP contribution in [-0.4, -0.2) is 23.7 Å². The third-order valence-electron chi connectivity index (χ3n) is 4.52. The van der Waals surface area contributed by atoms with Crippen LogP contribution in [0, 0.1) is 0 Å². The number of nitrogens with one attached hydrogen (secondary N) is 1. The Morgan fingerprint density at radius 2 is 1.89 bits per heavy atom. The van der Waals surface area contributed by atoms with Crippen LogP contribution in [0.2, 0.25) is 10.0 Å². The molecule has 0 aromatic heterocycles. The van der Waals surface area contributed by atoms with E-state index in [9.17, 15) is 9.90 Å². The van der Waals surface area contributed by atoms with Crippen LogP contribution in [0.3, 0.4) is 0 Å². The molecule has 0 unspecified atom stereocenters. The summed E-state index contributed by atoms with van der Waals surface area (Å²) in [4.78, 5) is 11.7. The molecule has 0 saturated heterocycles. The second kappa shape index (κ2) is 8.41. The van der Waals surface area contributed by atoms with Crippen molar-refractivity contribution in [3.63, 3.8) is 0 Å². The number of ether oxygens (including phenoxy) is 1. The van der Waals surface area contributed by atoms with Gasteiger partial charge in [0.25, 0.3) is 5.91 Å². The van der Waals surface area contributed by atoms with Crippen molar-refractivity contribution < 1.29 is 14.6 Å². The van der Waals surface area contributed by atoms with Crippen molar-refractivity contribution in [1.29, 1.82) is 0 Å². The Hall–Kier alpha value is -1.91. The molecule has 2 aromatic carbocycles. The predicted octanol–water partition coefficient (Wildman–Crippen LogP) is 5.07. The number of aromatic hydroxyl groups is 1. The average Bonchev–Trinajstić information content (AvgIpc) is 3.41. The van der Waals surface area contributed by atoms with Gasteiger partial charge in [0.15, 0.2) is 6.61 Å². The lowest BCUT2D eigenvalue weighted by Gasteiger charge is -2.14. The molecule has 0 heterocycles. The molecule has 0 bridgehead atoms. The fourth-order valence-electron chi connectivity index (χ4n) is 2.86. The second-order valence-corrected chi connectivity index (χ2v) is 8.03. The molecule has 0 spiro atoms. The number of benzene rings is 2. The molecule has 1 aliphatic rings. The van der Waals surface area contributed by atoms with E-state index in [1.165, 1.54) is 0 Å². The number of hydrogen-bond acceptors (Lipinski definition) is 3. The molecule has 1 amide bonds. The molecule has 2 N–H and O–H groups in total. The molecule has 3 rings (SSSR count). The molecule has 1 aliphatic carbocycles. The van der Waals surface area contributed by atoms with Gasteiger partial charge < -0.3 is 15.2 Å². The van der Waals surface area contributed by atoms with Gasteiger partial charge in [-0.2, -0.15) is 0 Å². The topological polar surface area (TPSA) is 58.6 Å². The Bertz CT molecular complexity index is 824. The van der Waals surface area contributed by atoms with Crippen LogP contribution in [0.1, 0.15) is 49.3 Å². The molecule has 6 heteroatoms. The number of rotatable bonds is 7. The average molecular weight is 408 g/mol. The molecule has 0 radical (unpaired) electrons. The number of hydrogen-bond donors (Lipinski definition) is 2. The quantitative estimate of drug-likeness (QED) is 0.673. The van der Waals surface area contributed by atoms with Crippen molar-refractivity contribution in [2.24, 2.45) is 0 Å². The first-order valence-electron chi connectivity index (χ1n) is 9.05. The van der Waals surface area contributed by atoms with Crippen LogP contribution in [0.15, 0.2) is 30.3 Å². The number of carbonyl (C=O) groups excluding carboxylic acids is 1. The normalized spacial score (nSPS) is 13.7. The minimum absolute atomic E-state index is 0.0573. The Labute approximate surface area is 169 Å². The van der Waals surface area contributed by atoms with Gasteiger partial charge in [-0.3, -0.25) is 4.79 Å². The molecule has 1 saturated carbocycles. The summed E-state index contributed by atoms with van der Waals surface area (Å²) in [6.07, 6.45) is 2.61. The lowest BCUT2D eigenvalue weighted by atomic mass is 9.96. The SMILES string of the molecule is CC(C)c1cc(Cc2c(Cl)cc(OCC(=O)NC3CC3)cc2Cl)ccc1O. The first kappa shape index (κ1) is 19.8. The zero-order valence-corrected chi connectivity index (χ0v) is 16.9. The highest BCUT2D eigenvalue weighted by Gasteiger charge is 2.23. The van der Waals surface area contributed by atoms with E-state index in [4.69, 9.17) is 27.9 Å². The van der Waals surface area contributed by atoms with Gasteiger partial charge in [-0.05, 0) is 53.6 Å². The van der Waals surface area contributed by atoms with Gasteiger partial charge in [0.05, 0.1) is 0 Å². The third-order valence-corrected chi connectivity index (χ3v) is 5.20. The monoisotopic (exact) mass is 407 g/mol. The molecule has 27 heavy (non-hydrogen) atoms. The summed E-state index contributed by atoms with van der Waals surface area (Å²) in [6, 6.07) is 9.19. The molecule has 1 fully saturated rings. The number of halogens is 2. The number of phenolic OH excluding ortho intramolecular Hbond substituents is 1. The van der Waals surface area contributed by atoms with Crippen LogP contribution in [0.4, 0.5) is 0 Å². The van der Waals surface area contributed by atoms with Crippen molar-refractivity contribution in [2.45, 2.75) is 45.1 Å². The Morgan fingerprint density at radius 3 is 2.48 bits per heavy atom. The van der Waals surface area contributed by atoms with Gasteiger partial charge in [-0.25, -0.2) is 0 Å². The summed E-state index contributed by atoms with van der Waals surface area (Å²) in [5, 5.41) is 13.8. The van der Waals surface area contributed by atoms with E-state index in [0.717, 1.165) is 29.5 Å². The van der Waals surface area contributed by atoms with E-state index in [0.29, 0.717) is 34.0 Å². The molecule has 144 valence electrons. The van der Waals surface area contributed by atoms with Gasteiger partial charge in [0.2, 0.25) is 0 Å². The van der Waals surface area contributed by atoms with Gasteiger partial charge in [-0.15, -0.1) is 0 Å². The first-order chi connectivity index (χ1) is 12.8. The summed E-state index contributed by atoms with van der Waals surface area (Å²) < 4.78 is 5.52. The Morgan fingerprint density at radius 1 is 1.22 bits per heavy atom. The number of phenols is 1. The molecule has 0 atom stereocenters. The molecule has 0 aliphatic heterocycles. The lowest BCUT2D eigenvalue weighted by molar-refractivity contribution is -0.123. The van der Waals surface area contributed by atoms with E-state index >= 15 is 0 Å². The van der Waals surface area contributed by atoms with Crippen molar-refractivity contribution >= 4 is 29.1 Å². The first-order valence-corrected chi connectivity index (χ1v) is 9.81. The lowest BCUT2D eigenvalue weighted by Crippen LogP contribution is -2.30. The van der Waals surface area contributed by atoms with Gasteiger partial charge in [0.1, 0.15) is 11.5 Å². The van der Waals surface area contributed by atoms with Crippen molar-refractivity contribution in [3.8, 4) is 11.5 Å². The van der Waals surface area contributed by atoms with Gasteiger partial charge in [-0.1, -0.05) is 49.2 Å². The fourth-order valence-corrected chi connectivity index (χ4v) is 3.46. The van der Waals surface area contributed by atoms with Crippen LogP contribution in [-0.2, 0) is 11.2 Å². The molecular formula is C21H23Cl2NO3. The summed E-state index contributed by atoms with van der Waals surface area (Å²) in [7, 11) is 0. The summed E-state index contributed by atoms with van der Waals surface area (Å²) in [6.45, 7) is 4.01. The molecular weight excluding hydrogens is 385 g/mol. The highest BCUT2D eigenvalue weighted by molar-refractivity contribution is 6.36. The second-order valence-electron chi connectivity index (χ2n) is 7.22. The van der Waals surface area contributed by atoms with Crippen LogP contribution in [0.25, 0.3) is 0 Å². The highest BCUT2D eigenvalue weighted by Crippen LogP contribution is 2.34. The summed E-state index contributed by atoms with van der Waals surface area (Å²) in [5.41, 5.74) is 2.69. The third kappa shape index (κ3) is 5.30. The van der Waals surface area contributed by atoms with Crippen LogP contribution < -0.4 is 10.1 Å². The van der Waals surface area contributed by atoms with Crippen molar-refractivity contribution in [2.75, 3.05) is 6.61 Å². The number of amides is 1. The molecule has 2 aromatic rings.